The van der Waals surface area contributed by atoms with Gasteiger partial charge in [-0.15, -0.1) is 11.3 Å². The van der Waals surface area contributed by atoms with E-state index in [1.165, 1.54) is 6.07 Å². The van der Waals surface area contributed by atoms with Crippen LogP contribution in [0.5, 0.6) is 0 Å². The Morgan fingerprint density at radius 3 is 2.21 bits per heavy atom. The molecule has 128 valence electrons. The van der Waals surface area contributed by atoms with Gasteiger partial charge >= 0.3 is 6.18 Å². The maximum Gasteiger partial charge on any atom is 0.421 e. The van der Waals surface area contributed by atoms with Crippen LogP contribution < -0.4 is 0 Å². The predicted octanol–water partition coefficient (Wildman–Crippen LogP) is 3.88. The number of halogens is 4. The van der Waals surface area contributed by atoms with Gasteiger partial charge in [0.25, 0.3) is 0 Å². The number of aliphatic hydroxyl groups is 1. The van der Waals surface area contributed by atoms with Crippen molar-refractivity contribution >= 4 is 32.8 Å². The first kappa shape index (κ1) is 18.7. The molecule has 1 heterocycles. The van der Waals surface area contributed by atoms with Crippen LogP contribution in [0.1, 0.15) is 17.4 Å². The number of sulfone groups is 1. The summed E-state index contributed by atoms with van der Waals surface area (Å²) in [5.41, 5.74) is -3.60. The summed E-state index contributed by atoms with van der Waals surface area (Å²) in [5, 5.41) is 18.2. The van der Waals surface area contributed by atoms with E-state index in [9.17, 15) is 26.7 Å². The van der Waals surface area contributed by atoms with E-state index in [2.05, 4.69) is 0 Å². The number of hydrogen-bond donors (Lipinski definition) is 1. The minimum Gasteiger partial charge on any atom is -0.376 e. The first-order valence-corrected chi connectivity index (χ1v) is 8.93. The van der Waals surface area contributed by atoms with Crippen molar-refractivity contribution in [1.29, 1.82) is 5.26 Å². The van der Waals surface area contributed by atoms with Crippen LogP contribution in [0.4, 0.5) is 13.2 Å². The number of thiophene rings is 1. The summed E-state index contributed by atoms with van der Waals surface area (Å²) in [6, 6.07) is 6.63. The molecule has 1 atom stereocenters. The van der Waals surface area contributed by atoms with Crippen LogP contribution in [0.2, 0.25) is 5.02 Å². The van der Waals surface area contributed by atoms with Gasteiger partial charge in [0, 0.05) is 0 Å². The first-order valence-electron chi connectivity index (χ1n) is 6.25. The smallest absolute Gasteiger partial charge is 0.376 e. The van der Waals surface area contributed by atoms with Crippen molar-refractivity contribution < 1.29 is 26.7 Å². The fourth-order valence-electron chi connectivity index (χ4n) is 1.82. The number of nitriles is 1. The molecule has 1 aromatic carbocycles. The number of benzene rings is 1. The van der Waals surface area contributed by atoms with Crippen LogP contribution in [0.25, 0.3) is 0 Å². The summed E-state index contributed by atoms with van der Waals surface area (Å²) in [6.07, 6.45) is -4.91. The maximum atomic E-state index is 12.8. The second-order valence-electron chi connectivity index (χ2n) is 4.96. The molecule has 0 saturated carbocycles. The third-order valence-electron chi connectivity index (χ3n) is 3.29. The van der Waals surface area contributed by atoms with Crippen molar-refractivity contribution in [3.63, 3.8) is 0 Å². The van der Waals surface area contributed by atoms with Gasteiger partial charge in [0.2, 0.25) is 9.84 Å². The highest BCUT2D eigenvalue weighted by Gasteiger charge is 2.51. The van der Waals surface area contributed by atoms with E-state index < -0.39 is 27.2 Å². The largest absolute Gasteiger partial charge is 0.421 e. The van der Waals surface area contributed by atoms with Crippen LogP contribution in [0.3, 0.4) is 0 Å². The maximum absolute atomic E-state index is 12.8. The summed E-state index contributed by atoms with van der Waals surface area (Å²) in [7, 11) is -4.08. The molecule has 1 unspecified atom stereocenters. The lowest BCUT2D eigenvalue weighted by Gasteiger charge is -2.26. The van der Waals surface area contributed by atoms with Gasteiger partial charge in [-0.3, -0.25) is 0 Å². The Kier molecular flexibility index (Phi) is 4.71. The zero-order valence-electron chi connectivity index (χ0n) is 11.9. The molecule has 0 aliphatic heterocycles. The summed E-state index contributed by atoms with van der Waals surface area (Å²) >= 11 is 6.48. The molecule has 0 amide bonds. The molecule has 0 bridgehead atoms. The van der Waals surface area contributed by atoms with E-state index in [1.807, 2.05) is 0 Å². The lowest BCUT2D eigenvalue weighted by atomic mass is 9.96. The van der Waals surface area contributed by atoms with Crippen LogP contribution in [-0.2, 0) is 15.4 Å². The number of alkyl halides is 3. The van der Waals surface area contributed by atoms with Crippen LogP contribution in [-0.4, -0.2) is 19.7 Å². The first-order chi connectivity index (χ1) is 10.9. The molecule has 2 rings (SSSR count). The Balaban J connectivity index is 2.48. The van der Waals surface area contributed by atoms with Gasteiger partial charge in [-0.25, -0.2) is 8.42 Å². The van der Waals surface area contributed by atoms with Crippen molar-refractivity contribution in [3.8, 4) is 6.07 Å². The summed E-state index contributed by atoms with van der Waals surface area (Å²) in [4.78, 5) is -0.201. The molecular weight excluding hydrogens is 387 g/mol. The van der Waals surface area contributed by atoms with Gasteiger partial charge in [-0.05, 0) is 30.7 Å². The van der Waals surface area contributed by atoms with Gasteiger partial charge in [-0.2, -0.15) is 18.4 Å². The minimum absolute atomic E-state index is 0.0928. The van der Waals surface area contributed by atoms with Crippen molar-refractivity contribution in [2.24, 2.45) is 0 Å². The minimum atomic E-state index is -4.91. The summed E-state index contributed by atoms with van der Waals surface area (Å²) in [6.45, 7) is 0.575. The van der Waals surface area contributed by atoms with E-state index in [0.29, 0.717) is 18.3 Å². The highest BCUT2D eigenvalue weighted by molar-refractivity contribution is 7.93. The van der Waals surface area contributed by atoms with Crippen LogP contribution >= 0.6 is 22.9 Å². The number of nitrogens with zero attached hydrogens (tertiary/aromatic N) is 1. The van der Waals surface area contributed by atoms with Gasteiger partial charge < -0.3 is 5.11 Å². The molecule has 2 aromatic rings. The van der Waals surface area contributed by atoms with Crippen molar-refractivity contribution in [2.75, 3.05) is 0 Å². The Morgan fingerprint density at radius 2 is 1.79 bits per heavy atom. The van der Waals surface area contributed by atoms with Crippen LogP contribution in [0, 0.1) is 11.3 Å². The topological polar surface area (TPSA) is 78.2 Å². The Labute approximate surface area is 144 Å². The molecular formula is C14H9ClF3NO3S2. The normalized spacial score (nSPS) is 14.9. The van der Waals surface area contributed by atoms with Gasteiger partial charge in [0.05, 0.1) is 9.92 Å². The van der Waals surface area contributed by atoms with Crippen LogP contribution in [0.15, 0.2) is 39.4 Å². The van der Waals surface area contributed by atoms with E-state index in [0.717, 1.165) is 24.3 Å². The summed E-state index contributed by atoms with van der Waals surface area (Å²) < 4.78 is 63.1. The lowest BCUT2D eigenvalue weighted by molar-refractivity contribution is -0.258. The van der Waals surface area contributed by atoms with E-state index in [4.69, 9.17) is 16.9 Å². The zero-order valence-corrected chi connectivity index (χ0v) is 14.3. The molecule has 0 spiro atoms. The fraction of sp³-hybridized carbons (Fsp3) is 0.214. The quantitative estimate of drug-likeness (QED) is 0.855. The SMILES string of the molecule is CC(O)(c1ccc(S(=O)(=O)c2sc(C#N)cc2Cl)cc1)C(F)(F)F. The zero-order chi connectivity index (χ0) is 18.3. The highest BCUT2D eigenvalue weighted by atomic mass is 35.5. The molecule has 0 aliphatic rings. The average molecular weight is 396 g/mol. The van der Waals surface area contributed by atoms with Gasteiger partial charge in [0.1, 0.15) is 15.2 Å². The molecule has 0 fully saturated rings. The van der Waals surface area contributed by atoms with Gasteiger partial charge in [-0.1, -0.05) is 23.7 Å². The predicted molar refractivity (Wildman–Crippen MR) is 81.6 cm³/mol. The molecule has 1 aromatic heterocycles. The molecule has 24 heavy (non-hydrogen) atoms. The lowest BCUT2D eigenvalue weighted by Crippen LogP contribution is -2.39. The number of hydrogen-bond acceptors (Lipinski definition) is 5. The summed E-state index contributed by atoms with van der Waals surface area (Å²) in [5.74, 6) is 0. The second kappa shape index (κ2) is 6.04. The Bertz CT molecular complexity index is 910. The second-order valence-corrected chi connectivity index (χ2v) is 8.56. The molecule has 4 nitrogen and oxygen atoms in total. The molecule has 10 heteroatoms. The Morgan fingerprint density at radius 1 is 1.25 bits per heavy atom. The van der Waals surface area contributed by atoms with Gasteiger partial charge in [0.15, 0.2) is 5.60 Å². The third-order valence-corrected chi connectivity index (χ3v) is 7.15. The van der Waals surface area contributed by atoms with Crippen molar-refractivity contribution in [2.45, 2.75) is 27.8 Å². The molecule has 1 N–H and O–H groups in total. The highest BCUT2D eigenvalue weighted by Crippen LogP contribution is 2.39. The average Bonchev–Trinajstić information content (AvgIpc) is 2.88. The fourth-order valence-corrected chi connectivity index (χ4v) is 5.01. The number of rotatable bonds is 3. The third kappa shape index (κ3) is 3.15. The van der Waals surface area contributed by atoms with E-state index in [1.54, 1.807) is 6.07 Å². The van der Waals surface area contributed by atoms with Crippen molar-refractivity contribution in [1.82, 2.24) is 0 Å². The molecule has 0 aliphatic carbocycles. The van der Waals surface area contributed by atoms with E-state index in [-0.39, 0.29) is 19.0 Å². The van der Waals surface area contributed by atoms with E-state index >= 15 is 0 Å². The van der Waals surface area contributed by atoms with Crippen molar-refractivity contribution in [3.05, 3.63) is 45.8 Å². The standard InChI is InChI=1S/C14H9ClF3NO3S2/c1-13(20,14(16,17)18)8-2-4-10(5-3-8)24(21,22)12-11(15)6-9(7-19)23-12/h2-6,20H,1H3. The molecule has 0 radical (unpaired) electrons. The molecule has 0 saturated heterocycles. The monoisotopic (exact) mass is 395 g/mol. The Hall–Kier alpha value is -1.60.